The highest BCUT2D eigenvalue weighted by atomic mass is 35.5. The summed E-state index contributed by atoms with van der Waals surface area (Å²) in [6, 6.07) is -1.38. The Morgan fingerprint density at radius 3 is 2.55 bits per heavy atom. The van der Waals surface area contributed by atoms with Gasteiger partial charge in [-0.05, 0) is 6.04 Å². The summed E-state index contributed by atoms with van der Waals surface area (Å²) in [5.74, 6) is 0. The first-order valence-corrected chi connectivity index (χ1v) is 3.44. The van der Waals surface area contributed by atoms with E-state index in [0.29, 0.717) is 0 Å². The van der Waals surface area contributed by atoms with Crippen molar-refractivity contribution in [3.63, 3.8) is 0 Å². The van der Waals surface area contributed by atoms with E-state index in [2.05, 4.69) is 0 Å². The summed E-state index contributed by atoms with van der Waals surface area (Å²) < 4.78 is 21.9. The molecule has 0 aromatic heterocycles. The molecule has 11 heavy (non-hydrogen) atoms. The van der Waals surface area contributed by atoms with E-state index in [0.717, 1.165) is 0 Å². The lowest BCUT2D eigenvalue weighted by Gasteiger charge is -2.02. The van der Waals surface area contributed by atoms with Gasteiger partial charge in [0, 0.05) is 5.46 Å². The molecule has 2 N–H and O–H groups in total. The van der Waals surface area contributed by atoms with Gasteiger partial charge in [0.2, 0.25) is 0 Å². The topological polar surface area (TPSA) is 40.5 Å². The summed E-state index contributed by atoms with van der Waals surface area (Å²) in [7, 11) is -1.97. The van der Waals surface area contributed by atoms with E-state index in [9.17, 15) is 0 Å². The van der Waals surface area contributed by atoms with Gasteiger partial charge < -0.3 is 10.0 Å². The molecule has 2 nitrogen and oxygen atoms in total. The van der Waals surface area contributed by atoms with E-state index in [-0.39, 0.29) is 15.5 Å². The van der Waals surface area contributed by atoms with Crippen molar-refractivity contribution in [2.24, 2.45) is 0 Å². The Morgan fingerprint density at radius 2 is 2.00 bits per heavy atom. The second-order valence-corrected chi connectivity index (χ2v) is 2.55. The molecule has 0 saturated carbocycles. The highest BCUT2D eigenvalue weighted by Crippen LogP contribution is 2.18. The molecule has 5 heteroatoms. The van der Waals surface area contributed by atoms with Crippen LogP contribution < -0.4 is 5.46 Å². The Morgan fingerprint density at radius 1 is 1.36 bits per heavy atom. The van der Waals surface area contributed by atoms with Crippen LogP contribution in [0.5, 0.6) is 0 Å². The van der Waals surface area contributed by atoms with Crippen molar-refractivity contribution < 1.29 is 14.2 Å². The zero-order chi connectivity index (χ0) is 11.0. The molecule has 0 atom stereocenters. The third-order valence-electron chi connectivity index (χ3n) is 1.06. The van der Waals surface area contributed by atoms with Crippen LogP contribution in [-0.2, 0) is 0 Å². The lowest BCUT2D eigenvalue weighted by atomic mass is 9.80. The van der Waals surface area contributed by atoms with Crippen LogP contribution in [0, 0.1) is 0 Å². The monoisotopic (exact) mass is 193 g/mol. The molecule has 0 fully saturated rings. The van der Waals surface area contributed by atoms with Crippen molar-refractivity contribution in [3.8, 4) is 0 Å². The van der Waals surface area contributed by atoms with E-state index in [1.165, 1.54) is 0 Å². The van der Waals surface area contributed by atoms with Crippen LogP contribution in [0.3, 0.4) is 0 Å². The molecular formula is C6H5BCl2O2. The van der Waals surface area contributed by atoms with Gasteiger partial charge in [-0.3, -0.25) is 0 Å². The third-order valence-corrected chi connectivity index (χ3v) is 1.83. The van der Waals surface area contributed by atoms with Crippen molar-refractivity contribution in [2.45, 2.75) is 0 Å². The SMILES string of the molecule is [2H]c1c([2H])c(Cl)c(Cl)c(B(O)O)c1[2H]. The molecule has 0 unspecified atom stereocenters. The highest BCUT2D eigenvalue weighted by Gasteiger charge is 2.15. The maximum atomic E-state index is 8.87. The standard InChI is InChI=1S/C6H5BCl2O2/c8-5-3-1-2-4(6(5)9)7(10)11/h1-3,10-11H/i1D,2D,3D. The van der Waals surface area contributed by atoms with Crippen LogP contribution >= 0.6 is 23.2 Å². The van der Waals surface area contributed by atoms with Crippen molar-refractivity contribution in [1.82, 2.24) is 0 Å². The molecule has 1 aromatic rings. The molecule has 58 valence electrons. The average molecular weight is 194 g/mol. The molecule has 0 aliphatic heterocycles. The van der Waals surface area contributed by atoms with E-state index >= 15 is 0 Å². The van der Waals surface area contributed by atoms with Crippen LogP contribution in [0.1, 0.15) is 4.11 Å². The van der Waals surface area contributed by atoms with Crippen molar-refractivity contribution in [2.75, 3.05) is 0 Å². The second-order valence-electron chi connectivity index (χ2n) is 1.79. The number of rotatable bonds is 1. The van der Waals surface area contributed by atoms with Gasteiger partial charge in [-0.1, -0.05) is 35.3 Å². The fourth-order valence-electron chi connectivity index (χ4n) is 0.559. The molecule has 0 heterocycles. The molecular weight excluding hydrogens is 186 g/mol. The Bertz CT molecular complexity index is 357. The first kappa shape index (κ1) is 5.43. The number of halogens is 2. The Balaban J connectivity index is 3.60. The minimum absolute atomic E-state index is 0.254. The number of hydrogen-bond acceptors (Lipinski definition) is 2. The van der Waals surface area contributed by atoms with Crippen LogP contribution in [0.15, 0.2) is 18.1 Å². The normalized spacial score (nSPS) is 13.6. The first-order chi connectivity index (χ1) is 6.37. The Labute approximate surface area is 78.7 Å². The molecule has 0 aliphatic rings. The largest absolute Gasteiger partial charge is 0.490 e. The van der Waals surface area contributed by atoms with Gasteiger partial charge >= 0.3 is 7.12 Å². The van der Waals surface area contributed by atoms with Crippen molar-refractivity contribution >= 4 is 35.8 Å². The van der Waals surface area contributed by atoms with E-state index in [1.54, 1.807) is 0 Å². The summed E-state index contributed by atoms with van der Waals surface area (Å²) in [6.07, 6.45) is 0. The van der Waals surface area contributed by atoms with Gasteiger partial charge in [0.05, 0.1) is 14.2 Å². The maximum absolute atomic E-state index is 8.87. The van der Waals surface area contributed by atoms with Crippen molar-refractivity contribution in [1.29, 1.82) is 0 Å². The minimum Gasteiger partial charge on any atom is -0.423 e. The molecule has 0 radical (unpaired) electrons. The first-order valence-electron chi connectivity index (χ1n) is 4.18. The molecule has 0 saturated heterocycles. The number of hydrogen-bond donors (Lipinski definition) is 2. The Hall–Kier alpha value is -0.215. The zero-order valence-electron chi connectivity index (χ0n) is 8.23. The van der Waals surface area contributed by atoms with Crippen LogP contribution in [0.25, 0.3) is 0 Å². The molecule has 0 bridgehead atoms. The lowest BCUT2D eigenvalue weighted by molar-refractivity contribution is 0.426. The zero-order valence-corrected chi connectivity index (χ0v) is 6.74. The quantitative estimate of drug-likeness (QED) is 0.645. The molecule has 0 amide bonds. The molecule has 1 aromatic carbocycles. The summed E-state index contributed by atoms with van der Waals surface area (Å²) in [5, 5.41) is 17.2. The molecule has 0 aliphatic carbocycles. The maximum Gasteiger partial charge on any atom is 0.490 e. The molecule has 0 spiro atoms. The highest BCUT2D eigenvalue weighted by molar-refractivity contribution is 6.64. The summed E-state index contributed by atoms with van der Waals surface area (Å²) in [5.41, 5.74) is -0.349. The average Bonchev–Trinajstić information content (AvgIpc) is 2.11. The van der Waals surface area contributed by atoms with E-state index in [4.69, 9.17) is 37.4 Å². The van der Waals surface area contributed by atoms with E-state index in [1.807, 2.05) is 0 Å². The Kier molecular flexibility index (Phi) is 1.71. The fourth-order valence-corrected chi connectivity index (χ4v) is 0.900. The summed E-state index contributed by atoms with van der Waals surface area (Å²) in [4.78, 5) is 0. The second kappa shape index (κ2) is 3.45. The fraction of sp³-hybridized carbons (Fsp3) is 0. The minimum atomic E-state index is -1.97. The predicted octanol–water partition coefficient (Wildman–Crippen LogP) is 0.673. The van der Waals surface area contributed by atoms with E-state index < -0.39 is 25.2 Å². The molecule has 1 rings (SSSR count). The smallest absolute Gasteiger partial charge is 0.423 e. The lowest BCUT2D eigenvalue weighted by Crippen LogP contribution is -2.30. The van der Waals surface area contributed by atoms with Gasteiger partial charge in [-0.25, -0.2) is 0 Å². The third kappa shape index (κ3) is 1.87. The van der Waals surface area contributed by atoms with Crippen LogP contribution in [0.2, 0.25) is 10.0 Å². The van der Waals surface area contributed by atoms with Gasteiger partial charge in [0.25, 0.3) is 0 Å². The van der Waals surface area contributed by atoms with Gasteiger partial charge in [-0.15, -0.1) is 0 Å². The number of benzene rings is 1. The van der Waals surface area contributed by atoms with Gasteiger partial charge in [-0.2, -0.15) is 0 Å². The van der Waals surface area contributed by atoms with Gasteiger partial charge in [0.15, 0.2) is 0 Å². The van der Waals surface area contributed by atoms with Crippen LogP contribution in [-0.4, -0.2) is 17.2 Å². The predicted molar refractivity (Wildman–Crippen MR) is 46.3 cm³/mol. The van der Waals surface area contributed by atoms with Crippen molar-refractivity contribution in [3.05, 3.63) is 28.2 Å². The summed E-state index contributed by atoms with van der Waals surface area (Å²) in [6.45, 7) is 0. The van der Waals surface area contributed by atoms with Crippen LogP contribution in [0.4, 0.5) is 0 Å². The van der Waals surface area contributed by atoms with Gasteiger partial charge in [0.1, 0.15) is 0 Å². The summed E-state index contributed by atoms with van der Waals surface area (Å²) >= 11 is 11.2.